The molecule has 2 unspecified atom stereocenters. The van der Waals surface area contributed by atoms with Crippen LogP contribution in [0.2, 0.25) is 0 Å². The second kappa shape index (κ2) is 5.89. The Bertz CT molecular complexity index is 731. The van der Waals surface area contributed by atoms with Crippen LogP contribution in [0.1, 0.15) is 11.7 Å². The molecule has 6 heteroatoms. The van der Waals surface area contributed by atoms with E-state index in [2.05, 4.69) is 0 Å². The van der Waals surface area contributed by atoms with Crippen molar-refractivity contribution in [3.63, 3.8) is 0 Å². The summed E-state index contributed by atoms with van der Waals surface area (Å²) in [4.78, 5) is 24.3. The highest BCUT2D eigenvalue weighted by Crippen LogP contribution is 2.42. The van der Waals surface area contributed by atoms with Crippen LogP contribution in [0.25, 0.3) is 0 Å². The Morgan fingerprint density at radius 1 is 1.17 bits per heavy atom. The monoisotopic (exact) mass is 316 g/mol. The van der Waals surface area contributed by atoms with Gasteiger partial charge < -0.3 is 19.3 Å². The van der Waals surface area contributed by atoms with Crippen molar-refractivity contribution in [1.29, 1.82) is 0 Å². The molecule has 0 aromatic heterocycles. The van der Waals surface area contributed by atoms with Gasteiger partial charge in [-0.15, -0.1) is 0 Å². The number of carbonyl (C=O) groups excluding carboxylic acids is 2. The Hall–Kier alpha value is -2.60. The summed E-state index contributed by atoms with van der Waals surface area (Å²) in [5, 5.41) is 9.54. The fourth-order valence-corrected chi connectivity index (χ4v) is 2.92. The summed E-state index contributed by atoms with van der Waals surface area (Å²) in [6.45, 7) is 0.177. The number of benzene rings is 1. The Morgan fingerprint density at radius 3 is 2.65 bits per heavy atom. The van der Waals surface area contributed by atoms with Crippen molar-refractivity contribution in [2.75, 3.05) is 20.8 Å². The molecule has 23 heavy (non-hydrogen) atoms. The van der Waals surface area contributed by atoms with Crippen LogP contribution in [0.4, 0.5) is 0 Å². The van der Waals surface area contributed by atoms with E-state index in [0.29, 0.717) is 11.3 Å². The number of allylic oxidation sites excluding steroid dienone is 2. The van der Waals surface area contributed by atoms with Crippen LogP contribution >= 0.6 is 0 Å². The largest absolute Gasteiger partial charge is 0.508 e. The number of rotatable bonds is 3. The van der Waals surface area contributed by atoms with Crippen LogP contribution in [-0.2, 0) is 19.1 Å². The minimum Gasteiger partial charge on any atom is -0.508 e. The van der Waals surface area contributed by atoms with Crippen molar-refractivity contribution in [1.82, 2.24) is 0 Å². The minimum absolute atomic E-state index is 0.0229. The van der Waals surface area contributed by atoms with E-state index >= 15 is 0 Å². The maximum atomic E-state index is 12.3. The van der Waals surface area contributed by atoms with Crippen molar-refractivity contribution in [3.8, 4) is 11.5 Å². The third-order valence-corrected chi connectivity index (χ3v) is 4.04. The van der Waals surface area contributed by atoms with Crippen LogP contribution < -0.4 is 4.74 Å². The minimum atomic E-state index is -0.445. The second-order valence-electron chi connectivity index (χ2n) is 5.34. The first-order chi connectivity index (χ1) is 11.0. The first-order valence-corrected chi connectivity index (χ1v) is 7.09. The Labute approximate surface area is 133 Å². The molecule has 1 heterocycles. The van der Waals surface area contributed by atoms with Crippen molar-refractivity contribution in [3.05, 3.63) is 47.2 Å². The quantitative estimate of drug-likeness (QED) is 0.855. The van der Waals surface area contributed by atoms with Gasteiger partial charge in [0.25, 0.3) is 0 Å². The second-order valence-corrected chi connectivity index (χ2v) is 5.34. The van der Waals surface area contributed by atoms with Crippen LogP contribution in [0.15, 0.2) is 41.7 Å². The van der Waals surface area contributed by atoms with Crippen molar-refractivity contribution >= 4 is 11.6 Å². The van der Waals surface area contributed by atoms with E-state index in [1.807, 2.05) is 0 Å². The van der Waals surface area contributed by atoms with Gasteiger partial charge in [0.2, 0.25) is 5.78 Å². The number of hydrogen-bond donors (Lipinski definition) is 1. The van der Waals surface area contributed by atoms with Gasteiger partial charge in [-0.3, -0.25) is 9.59 Å². The first kappa shape index (κ1) is 15.3. The van der Waals surface area contributed by atoms with Gasteiger partial charge in [0.15, 0.2) is 11.5 Å². The number of fused-ring (bicyclic) bond motifs is 1. The number of ether oxygens (including phenoxy) is 3. The molecule has 1 aliphatic heterocycles. The van der Waals surface area contributed by atoms with Gasteiger partial charge in [-0.2, -0.15) is 0 Å². The molecule has 1 aliphatic carbocycles. The molecule has 0 fully saturated rings. The van der Waals surface area contributed by atoms with Crippen LogP contribution in [0, 0.1) is 5.92 Å². The first-order valence-electron chi connectivity index (χ1n) is 7.09. The molecule has 0 bridgehead atoms. The van der Waals surface area contributed by atoms with E-state index in [-0.39, 0.29) is 29.7 Å². The highest BCUT2D eigenvalue weighted by molar-refractivity contribution is 6.19. The lowest BCUT2D eigenvalue weighted by atomic mass is 9.82. The number of hydrogen-bond acceptors (Lipinski definition) is 6. The van der Waals surface area contributed by atoms with Gasteiger partial charge in [0, 0.05) is 30.4 Å². The zero-order valence-corrected chi connectivity index (χ0v) is 12.7. The normalized spacial score (nSPS) is 23.6. The third kappa shape index (κ3) is 2.61. The van der Waals surface area contributed by atoms with E-state index < -0.39 is 12.0 Å². The molecule has 6 nitrogen and oxygen atoms in total. The highest BCUT2D eigenvalue weighted by Gasteiger charge is 2.37. The van der Waals surface area contributed by atoms with Gasteiger partial charge in [-0.1, -0.05) is 0 Å². The van der Waals surface area contributed by atoms with E-state index in [0.717, 1.165) is 5.56 Å². The molecule has 1 aromatic rings. The Balaban J connectivity index is 1.97. The van der Waals surface area contributed by atoms with Gasteiger partial charge in [-0.25, -0.2) is 0 Å². The zero-order valence-electron chi connectivity index (χ0n) is 12.7. The number of phenolic OH excluding ortho intramolecular Hbond substituents is 1. The predicted octanol–water partition coefficient (Wildman–Crippen LogP) is 1.70. The molecular formula is C17H16O6. The Morgan fingerprint density at radius 2 is 1.96 bits per heavy atom. The fourth-order valence-electron chi connectivity index (χ4n) is 2.92. The topological polar surface area (TPSA) is 82.1 Å². The Kier molecular flexibility index (Phi) is 3.92. The molecule has 0 saturated carbocycles. The summed E-state index contributed by atoms with van der Waals surface area (Å²) in [5.41, 5.74) is 1.06. The number of phenols is 1. The smallest absolute Gasteiger partial charge is 0.220 e. The maximum absolute atomic E-state index is 12.3. The van der Waals surface area contributed by atoms with Crippen molar-refractivity contribution < 1.29 is 28.9 Å². The van der Waals surface area contributed by atoms with E-state index in [4.69, 9.17) is 14.2 Å². The number of ketones is 2. The summed E-state index contributed by atoms with van der Waals surface area (Å²) >= 11 is 0. The molecule has 2 aliphatic rings. The van der Waals surface area contributed by atoms with E-state index in [1.54, 1.807) is 6.07 Å². The third-order valence-electron chi connectivity index (χ3n) is 4.04. The predicted molar refractivity (Wildman–Crippen MR) is 80.0 cm³/mol. The van der Waals surface area contributed by atoms with E-state index in [9.17, 15) is 14.7 Å². The van der Waals surface area contributed by atoms with Crippen LogP contribution in [-0.4, -0.2) is 37.5 Å². The summed E-state index contributed by atoms with van der Waals surface area (Å²) in [5.74, 6) is -0.435. The molecule has 120 valence electrons. The molecule has 3 rings (SSSR count). The fraction of sp³-hybridized carbons (Fsp3) is 0.294. The van der Waals surface area contributed by atoms with Gasteiger partial charge in [0.1, 0.15) is 11.5 Å². The van der Waals surface area contributed by atoms with Crippen LogP contribution in [0.3, 0.4) is 0 Å². The van der Waals surface area contributed by atoms with Crippen molar-refractivity contribution in [2.45, 2.75) is 6.10 Å². The van der Waals surface area contributed by atoms with Gasteiger partial charge in [0.05, 0.1) is 25.7 Å². The van der Waals surface area contributed by atoms with Crippen molar-refractivity contribution in [2.24, 2.45) is 5.92 Å². The SMILES string of the molecule is COC1=CC(=O)C(C2COc3cc(O)ccc3C2OC)=CC1=O. The zero-order chi connectivity index (χ0) is 16.6. The van der Waals surface area contributed by atoms with E-state index in [1.165, 1.54) is 38.5 Å². The number of methoxy groups -OCH3 is 2. The summed E-state index contributed by atoms with van der Waals surface area (Å²) in [6.07, 6.45) is 2.03. The number of carbonyl (C=O) groups is 2. The van der Waals surface area contributed by atoms with Crippen LogP contribution in [0.5, 0.6) is 11.5 Å². The molecular weight excluding hydrogens is 300 g/mol. The molecule has 0 saturated heterocycles. The molecule has 0 spiro atoms. The lowest BCUT2D eigenvalue weighted by Gasteiger charge is -2.34. The van der Waals surface area contributed by atoms with Gasteiger partial charge in [-0.05, 0) is 18.2 Å². The highest BCUT2D eigenvalue weighted by atomic mass is 16.5. The average Bonchev–Trinajstić information content (AvgIpc) is 2.55. The maximum Gasteiger partial charge on any atom is 0.220 e. The molecule has 1 aromatic carbocycles. The lowest BCUT2D eigenvalue weighted by molar-refractivity contribution is -0.118. The molecule has 2 atom stereocenters. The number of aromatic hydroxyl groups is 1. The molecule has 0 radical (unpaired) electrons. The standard InChI is InChI=1S/C17H16O6/c1-21-16-7-13(19)11(6-14(16)20)12-8-23-15-5-9(18)3-4-10(15)17(12)22-2/h3-7,12,17-18H,8H2,1-2H3. The van der Waals surface area contributed by atoms with Gasteiger partial charge >= 0.3 is 0 Å². The molecule has 1 N–H and O–H groups in total. The lowest BCUT2D eigenvalue weighted by Crippen LogP contribution is -2.32. The summed E-state index contributed by atoms with van der Waals surface area (Å²) < 4.78 is 16.1. The average molecular weight is 316 g/mol. The molecule has 0 amide bonds. The summed E-state index contributed by atoms with van der Waals surface area (Å²) in [7, 11) is 2.88. The summed E-state index contributed by atoms with van der Waals surface area (Å²) in [6, 6.07) is 4.72.